The van der Waals surface area contributed by atoms with Crippen LogP contribution in [0.4, 0.5) is 4.39 Å². The number of hydrogen-bond acceptors (Lipinski definition) is 10. The van der Waals surface area contributed by atoms with Crippen molar-refractivity contribution >= 4 is 50.1 Å². The highest BCUT2D eigenvalue weighted by Crippen LogP contribution is 2.34. The van der Waals surface area contributed by atoms with Crippen LogP contribution in [0.5, 0.6) is 5.75 Å². The fraction of sp³-hybridized carbons (Fsp3) is 0.439. The Morgan fingerprint density at radius 1 is 0.775 bits per heavy atom. The number of aryl methyl sites for hydroxylation is 5. The van der Waals surface area contributed by atoms with E-state index in [1.165, 1.54) is 77.5 Å². The van der Waals surface area contributed by atoms with Gasteiger partial charge in [0.1, 0.15) is 11.6 Å². The Balaban J connectivity index is 0.630. The molecule has 12 nitrogen and oxygen atoms in total. The molecule has 1 amide bonds. The number of morpholine rings is 1. The summed E-state index contributed by atoms with van der Waals surface area (Å²) in [5.74, 6) is 1.11. The quantitative estimate of drug-likeness (QED) is 0.0510. The number of imidazole rings is 1. The minimum Gasteiger partial charge on any atom is -0.481 e. The van der Waals surface area contributed by atoms with Crippen molar-refractivity contribution in [3.05, 3.63) is 118 Å². The van der Waals surface area contributed by atoms with Crippen molar-refractivity contribution in [2.45, 2.75) is 111 Å². The number of thiazole rings is 1. The van der Waals surface area contributed by atoms with E-state index in [1.807, 2.05) is 25.4 Å². The fourth-order valence-corrected chi connectivity index (χ4v) is 10.8. The van der Waals surface area contributed by atoms with Gasteiger partial charge in [0.25, 0.3) is 5.91 Å². The average molecular weight is 981 g/mol. The van der Waals surface area contributed by atoms with Gasteiger partial charge < -0.3 is 33.8 Å². The van der Waals surface area contributed by atoms with Crippen LogP contribution in [-0.2, 0) is 42.0 Å². The molecule has 8 aromatic rings. The topological polar surface area (TPSA) is 125 Å². The van der Waals surface area contributed by atoms with Gasteiger partial charge in [0.15, 0.2) is 18.2 Å². The number of amides is 1. The summed E-state index contributed by atoms with van der Waals surface area (Å²) in [5.41, 5.74) is 13.7. The lowest BCUT2D eigenvalue weighted by atomic mass is 10.0. The third kappa shape index (κ3) is 12.6. The van der Waals surface area contributed by atoms with Gasteiger partial charge in [-0.2, -0.15) is 0 Å². The number of fused-ring (bicyclic) bond motifs is 4. The van der Waals surface area contributed by atoms with Crippen LogP contribution in [0, 0.1) is 19.7 Å². The van der Waals surface area contributed by atoms with Crippen LogP contribution < -0.4 is 15.4 Å². The first-order chi connectivity index (χ1) is 34.8. The minimum absolute atomic E-state index is 0.0810. The first-order valence-corrected chi connectivity index (χ1v) is 26.8. The molecule has 14 heteroatoms. The highest BCUT2D eigenvalue weighted by Gasteiger charge is 2.19. The molecule has 2 N–H and O–H groups in total. The molecule has 71 heavy (non-hydrogen) atoms. The predicted molar refractivity (Wildman–Crippen MR) is 284 cm³/mol. The summed E-state index contributed by atoms with van der Waals surface area (Å²) >= 11 is 1.63. The summed E-state index contributed by atoms with van der Waals surface area (Å²) in [6, 6.07) is 25.0. The van der Waals surface area contributed by atoms with Gasteiger partial charge in [0.2, 0.25) is 0 Å². The summed E-state index contributed by atoms with van der Waals surface area (Å²) in [5, 5.41) is 15.5. The summed E-state index contributed by atoms with van der Waals surface area (Å²) in [4.78, 5) is 24.6. The maximum absolute atomic E-state index is 15.3. The number of hydrogen-bond donors (Lipinski definition) is 2. The number of nitrogens with zero attached hydrogens (tertiary/aromatic N) is 6. The molecule has 0 saturated carbocycles. The second-order valence-electron chi connectivity index (χ2n) is 19.0. The van der Waals surface area contributed by atoms with Gasteiger partial charge in [-0.25, -0.2) is 14.4 Å². The van der Waals surface area contributed by atoms with Crippen LogP contribution in [-0.4, -0.2) is 87.6 Å². The van der Waals surface area contributed by atoms with Crippen molar-refractivity contribution in [3.63, 3.8) is 0 Å². The standard InChI is InChI=1S/C57H69FN8O4S/c1-4-65-51-20-14-43(32-47(51)46-19-17-44(35-53(46)65)50-38-71-39-61-50)36-59-24-12-10-8-6-5-7-9-11-13-25-60-56(67)37-69-54-22-15-42(33-48(54)58)16-23-55-62-49-34-45(57-40(2)63-70-41(57)3)18-21-52(49)66(55)27-26-64-28-30-68-31-29-64/h14-15,17-22,32-35,38-39,59H,4-13,16,23-31,36-37H2,1-3H3,(H,60,67). The molecule has 5 heterocycles. The molecular formula is C57H69FN8O4S. The first kappa shape index (κ1) is 50.0. The number of benzene rings is 4. The Morgan fingerprint density at radius 2 is 1.54 bits per heavy atom. The molecule has 0 bridgehead atoms. The van der Waals surface area contributed by atoms with E-state index in [9.17, 15) is 4.79 Å². The highest BCUT2D eigenvalue weighted by molar-refractivity contribution is 7.07. The maximum Gasteiger partial charge on any atom is 0.257 e. The lowest BCUT2D eigenvalue weighted by Crippen LogP contribution is -2.38. The highest BCUT2D eigenvalue weighted by atomic mass is 32.1. The Labute approximate surface area is 420 Å². The van der Waals surface area contributed by atoms with E-state index < -0.39 is 5.82 Å². The van der Waals surface area contributed by atoms with Crippen molar-refractivity contribution in [1.82, 2.24) is 39.8 Å². The van der Waals surface area contributed by atoms with Gasteiger partial charge >= 0.3 is 0 Å². The van der Waals surface area contributed by atoms with E-state index in [0.717, 1.165) is 129 Å². The number of ether oxygens (including phenoxy) is 2. The Bertz CT molecular complexity index is 2990. The number of halogens is 1. The normalized spacial score (nSPS) is 13.3. The van der Waals surface area contributed by atoms with Crippen molar-refractivity contribution < 1.29 is 23.2 Å². The van der Waals surface area contributed by atoms with Gasteiger partial charge in [-0.15, -0.1) is 11.3 Å². The maximum atomic E-state index is 15.3. The number of nitrogens with one attached hydrogen (secondary N) is 2. The molecule has 4 aromatic carbocycles. The summed E-state index contributed by atoms with van der Waals surface area (Å²) in [7, 11) is 0. The molecule has 1 fully saturated rings. The summed E-state index contributed by atoms with van der Waals surface area (Å²) < 4.78 is 36.6. The molecular weight excluding hydrogens is 912 g/mol. The Hall–Kier alpha value is -5.93. The van der Waals surface area contributed by atoms with Gasteiger partial charge in [-0.1, -0.05) is 80.4 Å². The monoisotopic (exact) mass is 981 g/mol. The van der Waals surface area contributed by atoms with Crippen LogP contribution >= 0.6 is 11.3 Å². The van der Waals surface area contributed by atoms with E-state index in [-0.39, 0.29) is 18.3 Å². The third-order valence-corrected chi connectivity index (χ3v) is 14.6. The second kappa shape index (κ2) is 24.5. The molecule has 0 aliphatic carbocycles. The number of carbonyl (C=O) groups excluding carboxylic acids is 1. The fourth-order valence-electron chi connectivity index (χ4n) is 10.2. The lowest BCUT2D eigenvalue weighted by Gasteiger charge is -2.27. The van der Waals surface area contributed by atoms with Gasteiger partial charge in [0, 0.05) is 90.5 Å². The van der Waals surface area contributed by atoms with Crippen LogP contribution in [0.25, 0.3) is 55.2 Å². The smallest absolute Gasteiger partial charge is 0.257 e. The molecule has 4 aromatic heterocycles. The minimum atomic E-state index is -0.471. The first-order valence-electron chi connectivity index (χ1n) is 25.9. The van der Waals surface area contributed by atoms with E-state index in [4.69, 9.17) is 19.0 Å². The number of carbonyl (C=O) groups is 1. The van der Waals surface area contributed by atoms with Crippen LogP contribution in [0.3, 0.4) is 0 Å². The zero-order chi connectivity index (χ0) is 48.9. The SMILES string of the molecule is CCn1c2ccc(CNCCCCCCCCCCCNC(=O)COc3ccc(CCc4nc5cc(-c6c(C)noc6C)ccc5n4CCN4CCOCC4)cc3F)cc2c2ccc(-c3cscn3)cc21. The zero-order valence-corrected chi connectivity index (χ0v) is 42.6. The molecule has 0 atom stereocenters. The molecule has 1 aliphatic rings. The van der Waals surface area contributed by atoms with E-state index in [1.54, 1.807) is 17.4 Å². The molecule has 9 rings (SSSR count). The molecule has 0 spiro atoms. The van der Waals surface area contributed by atoms with Crippen molar-refractivity contribution in [3.8, 4) is 28.1 Å². The van der Waals surface area contributed by atoms with E-state index in [0.29, 0.717) is 19.4 Å². The molecule has 1 saturated heterocycles. The third-order valence-electron chi connectivity index (χ3n) is 14.0. The van der Waals surface area contributed by atoms with Crippen molar-refractivity contribution in [2.75, 3.05) is 52.5 Å². The second-order valence-corrected chi connectivity index (χ2v) is 19.7. The average Bonchev–Trinajstić information content (AvgIpc) is 4.19. The van der Waals surface area contributed by atoms with E-state index in [2.05, 4.69) is 102 Å². The van der Waals surface area contributed by atoms with Crippen LogP contribution in [0.15, 0.2) is 88.2 Å². The van der Waals surface area contributed by atoms with Gasteiger partial charge in [-0.05, 0) is 106 Å². The van der Waals surface area contributed by atoms with Gasteiger partial charge in [-0.3, -0.25) is 9.69 Å². The summed E-state index contributed by atoms with van der Waals surface area (Å²) in [6.07, 6.45) is 11.8. The predicted octanol–water partition coefficient (Wildman–Crippen LogP) is 11.6. The largest absolute Gasteiger partial charge is 0.481 e. The van der Waals surface area contributed by atoms with Crippen molar-refractivity contribution in [2.24, 2.45) is 0 Å². The number of aromatic nitrogens is 5. The lowest BCUT2D eigenvalue weighted by molar-refractivity contribution is -0.123. The molecule has 0 unspecified atom stereocenters. The molecule has 1 aliphatic heterocycles. The summed E-state index contributed by atoms with van der Waals surface area (Å²) in [6.45, 7) is 14.3. The number of unbranched alkanes of at least 4 members (excludes halogenated alkanes) is 8. The number of rotatable bonds is 26. The Kier molecular flexibility index (Phi) is 17.2. The van der Waals surface area contributed by atoms with Gasteiger partial charge in [0.05, 0.1) is 41.1 Å². The Morgan fingerprint density at radius 3 is 2.28 bits per heavy atom. The van der Waals surface area contributed by atoms with Crippen LogP contribution in [0.2, 0.25) is 0 Å². The zero-order valence-electron chi connectivity index (χ0n) is 41.7. The molecule has 0 radical (unpaired) electrons. The molecule has 374 valence electrons. The van der Waals surface area contributed by atoms with Crippen molar-refractivity contribution in [1.29, 1.82) is 0 Å². The van der Waals surface area contributed by atoms with E-state index >= 15 is 4.39 Å². The van der Waals surface area contributed by atoms with Crippen LogP contribution in [0.1, 0.15) is 93.1 Å².